The van der Waals surface area contributed by atoms with Crippen LogP contribution in [0.5, 0.6) is 5.75 Å². The average molecular weight is 604 g/mol. The highest BCUT2D eigenvalue weighted by Gasteiger charge is 2.59. The van der Waals surface area contributed by atoms with Crippen molar-refractivity contribution in [3.63, 3.8) is 0 Å². The first-order valence-electron chi connectivity index (χ1n) is 12.4. The van der Waals surface area contributed by atoms with Crippen LogP contribution < -0.4 is 10.1 Å². The summed E-state index contributed by atoms with van der Waals surface area (Å²) in [5, 5.41) is 3.82. The topological polar surface area (TPSA) is 69.3 Å². The maximum Gasteiger partial charge on any atom is 0.187 e. The van der Waals surface area contributed by atoms with Crippen molar-refractivity contribution in [1.29, 1.82) is 0 Å². The summed E-state index contributed by atoms with van der Waals surface area (Å²) in [7, 11) is 4.88. The van der Waals surface area contributed by atoms with Gasteiger partial charge in [0.25, 0.3) is 0 Å². The molecular weight excluding hydrogens is 571 g/mol. The summed E-state index contributed by atoms with van der Waals surface area (Å²) in [5.41, 5.74) is 4.56. The highest BCUT2D eigenvalue weighted by atomic mass is 127. The van der Waals surface area contributed by atoms with Crippen LogP contribution in [0.4, 0.5) is 5.69 Å². The number of nitrogens with one attached hydrogen (secondary N) is 1. The summed E-state index contributed by atoms with van der Waals surface area (Å²) < 4.78 is 22.8. The fraction of sp³-hybridized carbons (Fsp3) is 0.464. The van der Waals surface area contributed by atoms with E-state index in [-0.39, 0.29) is 30.3 Å². The van der Waals surface area contributed by atoms with Crippen molar-refractivity contribution in [2.75, 3.05) is 46.3 Å². The molecule has 36 heavy (non-hydrogen) atoms. The summed E-state index contributed by atoms with van der Waals surface area (Å²) in [4.78, 5) is 15.4. The lowest BCUT2D eigenvalue weighted by atomic mass is 9.72. The van der Waals surface area contributed by atoms with Crippen molar-refractivity contribution < 1.29 is 22.1 Å². The summed E-state index contributed by atoms with van der Waals surface area (Å²) in [6.45, 7) is 1.93. The van der Waals surface area contributed by atoms with Gasteiger partial charge in [-0.3, -0.25) is 12.8 Å². The van der Waals surface area contributed by atoms with E-state index < -0.39 is 5.72 Å². The van der Waals surface area contributed by atoms with Crippen LogP contribution in [-0.2, 0) is 17.3 Å². The molecule has 7 nitrogen and oxygen atoms in total. The Morgan fingerprint density at radius 2 is 1.92 bits per heavy atom. The summed E-state index contributed by atoms with van der Waals surface area (Å²) in [5.74, 6) is 1.07. The number of Topliss-reactive ketones (excluding diaryl/α,β-unsaturated/α-hetero) is 1. The minimum Gasteiger partial charge on any atom is -0.504 e. The molecule has 2 saturated heterocycles. The Balaban J connectivity index is 1.51. The Labute approximate surface area is 226 Å². The second kappa shape index (κ2) is 10.7. The van der Waals surface area contributed by atoms with Gasteiger partial charge in [-0.2, -0.15) is 0 Å². The first-order valence-corrected chi connectivity index (χ1v) is 13.3. The fourth-order valence-corrected chi connectivity index (χ4v) is 7.11. The Morgan fingerprint density at radius 3 is 2.61 bits per heavy atom. The minimum absolute atomic E-state index is 0.0218. The van der Waals surface area contributed by atoms with Gasteiger partial charge in [0, 0.05) is 29.9 Å². The second-order valence-electron chi connectivity index (χ2n) is 9.78. The van der Waals surface area contributed by atoms with Crippen molar-refractivity contribution in [2.45, 2.75) is 36.9 Å². The SMILES string of the molecule is CO/C=C(/C(=O)COC)[C@@H]1CCN2CCC3c4c(cc(-c5ccccc5)cc4OC)N[C@]3(OI)[C@@H]2C1. The van der Waals surface area contributed by atoms with Crippen LogP contribution in [0.3, 0.4) is 0 Å². The van der Waals surface area contributed by atoms with E-state index >= 15 is 0 Å². The van der Waals surface area contributed by atoms with E-state index in [1.165, 1.54) is 5.56 Å². The van der Waals surface area contributed by atoms with Gasteiger partial charge >= 0.3 is 0 Å². The number of fused-ring (bicyclic) bond motifs is 5. The van der Waals surface area contributed by atoms with Gasteiger partial charge in [0.15, 0.2) is 11.5 Å². The highest BCUT2D eigenvalue weighted by Crippen LogP contribution is 2.57. The van der Waals surface area contributed by atoms with E-state index in [1.54, 1.807) is 27.6 Å². The molecule has 2 aromatic rings. The smallest absolute Gasteiger partial charge is 0.187 e. The third-order valence-corrected chi connectivity index (χ3v) is 8.72. The fourth-order valence-electron chi connectivity index (χ4n) is 6.40. The third-order valence-electron chi connectivity index (χ3n) is 7.99. The Morgan fingerprint density at radius 1 is 1.14 bits per heavy atom. The molecule has 0 amide bonds. The van der Waals surface area contributed by atoms with Crippen LogP contribution in [-0.4, -0.2) is 63.5 Å². The van der Waals surface area contributed by atoms with Gasteiger partial charge in [-0.25, -0.2) is 0 Å². The number of methoxy groups -OCH3 is 3. The molecule has 0 spiro atoms. The molecule has 2 aromatic carbocycles. The Bertz CT molecular complexity index is 1140. The molecule has 0 saturated carbocycles. The van der Waals surface area contributed by atoms with Gasteiger partial charge < -0.3 is 19.5 Å². The van der Waals surface area contributed by atoms with Crippen molar-refractivity contribution in [1.82, 2.24) is 4.90 Å². The van der Waals surface area contributed by atoms with Crippen LogP contribution in [0.2, 0.25) is 0 Å². The molecule has 1 N–H and O–H groups in total. The lowest BCUT2D eigenvalue weighted by Crippen LogP contribution is -2.65. The number of benzene rings is 2. The number of ether oxygens (including phenoxy) is 3. The zero-order chi connectivity index (χ0) is 25.3. The lowest BCUT2D eigenvalue weighted by Gasteiger charge is -2.53. The van der Waals surface area contributed by atoms with E-state index in [2.05, 4.69) is 57.5 Å². The molecule has 3 heterocycles. The Hall–Kier alpha value is -2.14. The van der Waals surface area contributed by atoms with Crippen LogP contribution in [0.1, 0.15) is 30.7 Å². The molecule has 3 aliphatic heterocycles. The zero-order valence-corrected chi connectivity index (χ0v) is 23.1. The van der Waals surface area contributed by atoms with Crippen molar-refractivity contribution >= 4 is 34.5 Å². The van der Waals surface area contributed by atoms with Gasteiger partial charge in [-0.05, 0) is 61.5 Å². The first-order chi connectivity index (χ1) is 17.6. The number of piperidine rings is 2. The lowest BCUT2D eigenvalue weighted by molar-refractivity contribution is -0.120. The van der Waals surface area contributed by atoms with Gasteiger partial charge in [0.05, 0.1) is 26.5 Å². The van der Waals surface area contributed by atoms with Gasteiger partial charge in [0.2, 0.25) is 0 Å². The average Bonchev–Trinajstić information content (AvgIpc) is 3.26. The van der Waals surface area contributed by atoms with Gasteiger partial charge in [0.1, 0.15) is 35.4 Å². The van der Waals surface area contributed by atoms with Crippen molar-refractivity contribution in [3.05, 3.63) is 59.9 Å². The molecule has 3 aliphatic rings. The standard InChI is InChI=1S/C28H33IN2O5/c1-33-16-21(24(32)17-34-2)19-9-11-31-12-10-22-27-23(30-28(22,36-29)26(31)15-19)13-20(14-25(27)35-3)18-7-5-4-6-8-18/h4-8,13-14,16,19,22,26,30H,9-12,15,17H2,1-3H3/b21-16+/t19-,22?,26+,28-/m1/s1. The van der Waals surface area contributed by atoms with E-state index in [0.717, 1.165) is 54.9 Å². The van der Waals surface area contributed by atoms with Crippen molar-refractivity contribution in [3.8, 4) is 16.9 Å². The number of rotatable bonds is 8. The molecule has 2 fully saturated rings. The number of hydrogen-bond acceptors (Lipinski definition) is 7. The predicted molar refractivity (Wildman–Crippen MR) is 147 cm³/mol. The normalized spacial score (nSPS) is 27.4. The maximum absolute atomic E-state index is 12.9. The summed E-state index contributed by atoms with van der Waals surface area (Å²) in [6.07, 6.45) is 4.26. The zero-order valence-electron chi connectivity index (χ0n) is 21.0. The number of hydrogen-bond donors (Lipinski definition) is 1. The second-order valence-corrected chi connectivity index (χ2v) is 10.2. The highest BCUT2D eigenvalue weighted by molar-refractivity contribution is 14.1. The number of halogens is 1. The Kier molecular flexibility index (Phi) is 7.57. The molecule has 1 unspecified atom stereocenters. The van der Waals surface area contributed by atoms with Crippen LogP contribution in [0.25, 0.3) is 11.1 Å². The quantitative estimate of drug-likeness (QED) is 0.254. The number of carbonyl (C=O) groups is 1. The van der Waals surface area contributed by atoms with E-state index in [4.69, 9.17) is 17.3 Å². The van der Waals surface area contributed by atoms with Gasteiger partial charge in [-0.15, -0.1) is 0 Å². The number of nitrogens with zero attached hydrogens (tertiary/aromatic N) is 1. The number of ketones is 1. The van der Waals surface area contributed by atoms with Crippen LogP contribution >= 0.6 is 23.0 Å². The van der Waals surface area contributed by atoms with Crippen LogP contribution in [0.15, 0.2) is 54.3 Å². The molecule has 5 rings (SSSR count). The molecule has 0 aliphatic carbocycles. The molecule has 0 radical (unpaired) electrons. The molecule has 0 bridgehead atoms. The summed E-state index contributed by atoms with van der Waals surface area (Å²) >= 11 is 2.06. The van der Waals surface area contributed by atoms with E-state index in [1.807, 2.05) is 18.2 Å². The molecule has 8 heteroatoms. The summed E-state index contributed by atoms with van der Waals surface area (Å²) in [6, 6.07) is 14.8. The molecule has 4 atom stereocenters. The third kappa shape index (κ3) is 4.31. The monoisotopic (exact) mass is 604 g/mol. The largest absolute Gasteiger partial charge is 0.504 e. The number of anilines is 1. The van der Waals surface area contributed by atoms with Gasteiger partial charge in [-0.1, -0.05) is 30.3 Å². The predicted octanol–water partition coefficient (Wildman–Crippen LogP) is 5.16. The van der Waals surface area contributed by atoms with E-state index in [0.29, 0.717) is 5.57 Å². The first kappa shape index (κ1) is 25.5. The van der Waals surface area contributed by atoms with Crippen molar-refractivity contribution in [2.24, 2.45) is 5.92 Å². The maximum atomic E-state index is 12.9. The molecule has 0 aromatic heterocycles. The molecule has 192 valence electrons. The van der Waals surface area contributed by atoms with Crippen LogP contribution in [0, 0.1) is 5.92 Å². The van der Waals surface area contributed by atoms with E-state index in [9.17, 15) is 4.79 Å². The minimum atomic E-state index is -0.620. The molecular formula is C28H33IN2O5. The number of carbonyl (C=O) groups excluding carboxylic acids is 1.